The number of carbonyl (C=O) groups excluding carboxylic acids is 1. The molecule has 0 saturated carbocycles. The zero-order valence-electron chi connectivity index (χ0n) is 11.0. The number of benzene rings is 1. The van der Waals surface area contributed by atoms with Gasteiger partial charge in [-0.1, -0.05) is 59.3 Å². The fraction of sp³-hybridized carbons (Fsp3) is 0. The molecule has 22 heavy (non-hydrogen) atoms. The number of hydrogen-bond donors (Lipinski definition) is 0. The largest absolute Gasteiger partial charge is 0.271 e. The number of halogens is 2. The Kier molecular flexibility index (Phi) is 4.49. The molecule has 0 spiro atoms. The first-order valence-electron chi connectivity index (χ1n) is 6.20. The van der Waals surface area contributed by atoms with Gasteiger partial charge in [0.25, 0.3) is 5.91 Å². The molecule has 1 fully saturated rings. The van der Waals surface area contributed by atoms with Crippen molar-refractivity contribution in [3.05, 3.63) is 63.1 Å². The maximum atomic E-state index is 12.5. The number of hydrogen-bond acceptors (Lipinski definition) is 4. The van der Waals surface area contributed by atoms with Gasteiger partial charge in [-0.2, -0.15) is 0 Å². The van der Waals surface area contributed by atoms with E-state index in [0.717, 1.165) is 5.56 Å². The molecule has 110 valence electrons. The third-order valence-corrected chi connectivity index (χ3v) is 4.68. The van der Waals surface area contributed by atoms with Gasteiger partial charge < -0.3 is 0 Å². The number of rotatable bonds is 2. The molecular formula is C15H8Cl2N2OS2. The molecule has 1 saturated heterocycles. The molecule has 1 aliphatic rings. The fourth-order valence-corrected chi connectivity index (χ4v) is 3.39. The molecule has 0 unspecified atom stereocenters. The fourth-order valence-electron chi connectivity index (χ4n) is 1.88. The van der Waals surface area contributed by atoms with Crippen molar-refractivity contribution in [2.24, 2.45) is 0 Å². The van der Waals surface area contributed by atoms with Crippen molar-refractivity contribution < 1.29 is 4.79 Å². The van der Waals surface area contributed by atoms with Crippen molar-refractivity contribution in [2.75, 3.05) is 4.90 Å². The highest BCUT2D eigenvalue weighted by molar-refractivity contribution is 8.27. The standard InChI is InChI=1S/C15H8Cl2N2OS2/c16-10-3-1-9(2-4-10)7-12-14(20)19(15(21)22-12)13-6-5-11(17)8-18-13/h1-8H/b12-7-. The van der Waals surface area contributed by atoms with Crippen LogP contribution in [0.15, 0.2) is 47.5 Å². The maximum Gasteiger partial charge on any atom is 0.271 e. The van der Waals surface area contributed by atoms with E-state index in [1.54, 1.807) is 30.3 Å². The molecule has 0 radical (unpaired) electrons. The van der Waals surface area contributed by atoms with E-state index in [1.165, 1.54) is 22.9 Å². The van der Waals surface area contributed by atoms with Gasteiger partial charge in [-0.15, -0.1) is 0 Å². The lowest BCUT2D eigenvalue weighted by molar-refractivity contribution is -0.113. The Hall–Kier alpha value is -1.40. The van der Waals surface area contributed by atoms with Crippen LogP contribution in [0.1, 0.15) is 5.56 Å². The molecule has 0 N–H and O–H groups in total. The van der Waals surface area contributed by atoms with Crippen LogP contribution < -0.4 is 4.90 Å². The molecule has 1 aliphatic heterocycles. The Labute approximate surface area is 146 Å². The van der Waals surface area contributed by atoms with Gasteiger partial charge in [-0.3, -0.25) is 4.79 Å². The van der Waals surface area contributed by atoms with Crippen molar-refractivity contribution in [1.82, 2.24) is 4.98 Å². The zero-order valence-corrected chi connectivity index (χ0v) is 14.1. The third-order valence-electron chi connectivity index (χ3n) is 2.90. The topological polar surface area (TPSA) is 33.2 Å². The summed E-state index contributed by atoms with van der Waals surface area (Å²) in [5.74, 6) is 0.270. The van der Waals surface area contributed by atoms with Gasteiger partial charge in [-0.05, 0) is 35.9 Å². The summed E-state index contributed by atoms with van der Waals surface area (Å²) in [6.07, 6.45) is 3.27. The SMILES string of the molecule is O=C1/C(=C/c2ccc(Cl)cc2)SC(=S)N1c1ccc(Cl)cn1. The van der Waals surface area contributed by atoms with E-state index >= 15 is 0 Å². The van der Waals surface area contributed by atoms with Crippen LogP contribution in [0, 0.1) is 0 Å². The van der Waals surface area contributed by atoms with Crippen LogP contribution >= 0.6 is 47.2 Å². The van der Waals surface area contributed by atoms with Crippen molar-refractivity contribution in [2.45, 2.75) is 0 Å². The summed E-state index contributed by atoms with van der Waals surface area (Å²) in [5.41, 5.74) is 0.883. The highest BCUT2D eigenvalue weighted by Gasteiger charge is 2.34. The lowest BCUT2D eigenvalue weighted by Crippen LogP contribution is -2.28. The van der Waals surface area contributed by atoms with E-state index in [1.807, 2.05) is 12.1 Å². The van der Waals surface area contributed by atoms with E-state index in [0.29, 0.717) is 25.1 Å². The molecule has 0 aliphatic carbocycles. The Morgan fingerprint density at radius 3 is 2.41 bits per heavy atom. The van der Waals surface area contributed by atoms with E-state index in [4.69, 9.17) is 35.4 Å². The zero-order chi connectivity index (χ0) is 15.7. The van der Waals surface area contributed by atoms with Gasteiger partial charge in [0.05, 0.1) is 9.93 Å². The molecule has 0 bridgehead atoms. The summed E-state index contributed by atoms with van der Waals surface area (Å²) in [5, 5.41) is 1.15. The minimum Gasteiger partial charge on any atom is -0.268 e. The van der Waals surface area contributed by atoms with Gasteiger partial charge >= 0.3 is 0 Å². The third kappa shape index (κ3) is 3.17. The predicted octanol–water partition coefficient (Wildman–Crippen LogP) is 4.79. The molecule has 1 amide bonds. The average molecular weight is 367 g/mol. The molecule has 2 heterocycles. The van der Waals surface area contributed by atoms with Gasteiger partial charge in [0.1, 0.15) is 5.82 Å². The number of nitrogens with zero attached hydrogens (tertiary/aromatic N) is 2. The van der Waals surface area contributed by atoms with Crippen LogP contribution in [0.2, 0.25) is 10.0 Å². The molecule has 1 aromatic heterocycles. The molecule has 3 rings (SSSR count). The number of anilines is 1. The molecule has 0 atom stereocenters. The van der Waals surface area contributed by atoms with E-state index in [9.17, 15) is 4.79 Å². The van der Waals surface area contributed by atoms with Crippen molar-refractivity contribution in [3.8, 4) is 0 Å². The number of pyridine rings is 1. The summed E-state index contributed by atoms with van der Waals surface area (Å²) in [4.78, 5) is 18.6. The molecule has 2 aromatic rings. The molecule has 7 heteroatoms. The molecular weight excluding hydrogens is 359 g/mol. The second-order valence-electron chi connectivity index (χ2n) is 4.40. The van der Waals surface area contributed by atoms with E-state index in [-0.39, 0.29) is 5.91 Å². The van der Waals surface area contributed by atoms with Crippen LogP contribution in [0.3, 0.4) is 0 Å². The lowest BCUT2D eigenvalue weighted by atomic mass is 10.2. The van der Waals surface area contributed by atoms with Crippen LogP contribution in [-0.4, -0.2) is 15.2 Å². The normalized spacial score (nSPS) is 16.6. The molecule has 1 aromatic carbocycles. The lowest BCUT2D eigenvalue weighted by Gasteiger charge is -2.12. The first-order valence-corrected chi connectivity index (χ1v) is 8.18. The minimum absolute atomic E-state index is 0.195. The predicted molar refractivity (Wildman–Crippen MR) is 96.4 cm³/mol. The van der Waals surface area contributed by atoms with E-state index < -0.39 is 0 Å². The first-order chi connectivity index (χ1) is 10.5. The number of thioether (sulfide) groups is 1. The van der Waals surface area contributed by atoms with Gasteiger partial charge in [0.2, 0.25) is 0 Å². The van der Waals surface area contributed by atoms with Crippen LogP contribution in [0.25, 0.3) is 6.08 Å². The summed E-state index contributed by atoms with van der Waals surface area (Å²) < 4.78 is 0.444. The summed E-state index contributed by atoms with van der Waals surface area (Å²) in [6, 6.07) is 10.6. The quantitative estimate of drug-likeness (QED) is 0.564. The second kappa shape index (κ2) is 6.38. The highest BCUT2D eigenvalue weighted by atomic mass is 35.5. The average Bonchev–Trinajstić information content (AvgIpc) is 2.77. The van der Waals surface area contributed by atoms with Crippen LogP contribution in [0.5, 0.6) is 0 Å². The highest BCUT2D eigenvalue weighted by Crippen LogP contribution is 2.35. The second-order valence-corrected chi connectivity index (χ2v) is 6.95. The van der Waals surface area contributed by atoms with Crippen LogP contribution in [0.4, 0.5) is 5.82 Å². The summed E-state index contributed by atoms with van der Waals surface area (Å²) >= 11 is 18.2. The summed E-state index contributed by atoms with van der Waals surface area (Å²) in [7, 11) is 0. The molecule has 3 nitrogen and oxygen atoms in total. The van der Waals surface area contributed by atoms with Gasteiger partial charge in [0.15, 0.2) is 4.32 Å². The van der Waals surface area contributed by atoms with Crippen molar-refractivity contribution >= 4 is 69.3 Å². The van der Waals surface area contributed by atoms with Crippen molar-refractivity contribution in [3.63, 3.8) is 0 Å². The van der Waals surface area contributed by atoms with Crippen LogP contribution in [-0.2, 0) is 4.79 Å². The number of carbonyl (C=O) groups is 1. The van der Waals surface area contributed by atoms with Gasteiger partial charge in [0, 0.05) is 11.2 Å². The monoisotopic (exact) mass is 366 g/mol. The first kappa shape index (κ1) is 15.5. The Morgan fingerprint density at radius 2 is 1.77 bits per heavy atom. The Bertz CT molecular complexity index is 773. The van der Waals surface area contributed by atoms with Crippen molar-refractivity contribution in [1.29, 1.82) is 0 Å². The smallest absolute Gasteiger partial charge is 0.268 e. The maximum absolute atomic E-state index is 12.5. The summed E-state index contributed by atoms with van der Waals surface area (Å²) in [6.45, 7) is 0. The Balaban J connectivity index is 1.91. The Morgan fingerprint density at radius 1 is 1.09 bits per heavy atom. The van der Waals surface area contributed by atoms with Gasteiger partial charge in [-0.25, -0.2) is 9.88 Å². The number of amides is 1. The van der Waals surface area contributed by atoms with E-state index in [2.05, 4.69) is 4.98 Å². The number of thiocarbonyl (C=S) groups is 1. The number of aromatic nitrogens is 1. The minimum atomic E-state index is -0.195.